The third-order valence-corrected chi connectivity index (χ3v) is 3.64. The highest BCUT2D eigenvalue weighted by Crippen LogP contribution is 2.19. The second kappa shape index (κ2) is 7.92. The maximum Gasteiger partial charge on any atom is 0.241 e. The fourth-order valence-corrected chi connectivity index (χ4v) is 1.96. The monoisotopic (exact) mass is 349 g/mol. The molecule has 126 valence electrons. The van der Waals surface area contributed by atoms with Gasteiger partial charge in [-0.05, 0) is 23.1 Å². The second-order valence-corrected chi connectivity index (χ2v) is 7.96. The lowest BCUT2D eigenvalue weighted by Crippen LogP contribution is -2.45. The lowest BCUT2D eigenvalue weighted by Gasteiger charge is -2.25. The molecule has 0 fully saturated rings. The molecular formula is C14H24ClN3O3S. The molecule has 0 saturated carbocycles. The highest BCUT2D eigenvalue weighted by atomic mass is 35.5. The van der Waals surface area contributed by atoms with Gasteiger partial charge in [-0.25, -0.2) is 13.1 Å². The van der Waals surface area contributed by atoms with Gasteiger partial charge in [0.1, 0.15) is 0 Å². The molecule has 1 aromatic carbocycles. The molecule has 0 heterocycles. The van der Waals surface area contributed by atoms with Crippen LogP contribution in [0.15, 0.2) is 24.3 Å². The summed E-state index contributed by atoms with van der Waals surface area (Å²) in [5.74, 6) is -0.246. The summed E-state index contributed by atoms with van der Waals surface area (Å²) >= 11 is 0. The van der Waals surface area contributed by atoms with Gasteiger partial charge in [-0.2, -0.15) is 0 Å². The number of amides is 1. The highest BCUT2D eigenvalue weighted by Gasteiger charge is 2.27. The number of hydrogen-bond acceptors (Lipinski definition) is 4. The highest BCUT2D eigenvalue weighted by molar-refractivity contribution is 7.88. The Labute approximate surface area is 138 Å². The Morgan fingerprint density at radius 2 is 1.73 bits per heavy atom. The number of rotatable bonds is 5. The summed E-state index contributed by atoms with van der Waals surface area (Å²) in [6, 6.07) is 6.32. The molecule has 1 atom stereocenters. The summed E-state index contributed by atoms with van der Waals surface area (Å²) in [5, 5.41) is 2.75. The maximum atomic E-state index is 12.0. The van der Waals surface area contributed by atoms with Crippen LogP contribution in [0.2, 0.25) is 0 Å². The zero-order valence-corrected chi connectivity index (χ0v) is 14.8. The molecule has 8 heteroatoms. The van der Waals surface area contributed by atoms with Crippen LogP contribution in [0.25, 0.3) is 0 Å². The van der Waals surface area contributed by atoms with Crippen molar-refractivity contribution in [3.63, 3.8) is 0 Å². The van der Waals surface area contributed by atoms with Gasteiger partial charge >= 0.3 is 0 Å². The fraction of sp³-hybridized carbons (Fsp3) is 0.500. The number of nitrogens with one attached hydrogen (secondary N) is 2. The van der Waals surface area contributed by atoms with Crippen molar-refractivity contribution in [1.82, 2.24) is 4.72 Å². The molecular weight excluding hydrogens is 326 g/mol. The van der Waals surface area contributed by atoms with Crippen molar-refractivity contribution in [3.05, 3.63) is 29.8 Å². The summed E-state index contributed by atoms with van der Waals surface area (Å²) in [5.41, 5.74) is 6.99. The molecule has 1 amide bonds. The van der Waals surface area contributed by atoms with Gasteiger partial charge in [-0.15, -0.1) is 12.4 Å². The van der Waals surface area contributed by atoms with Crippen molar-refractivity contribution < 1.29 is 13.2 Å². The largest absolute Gasteiger partial charge is 0.325 e. The Kier molecular flexibility index (Phi) is 7.50. The Hall–Kier alpha value is -1.15. The van der Waals surface area contributed by atoms with E-state index in [0.717, 1.165) is 11.8 Å². The van der Waals surface area contributed by atoms with Crippen LogP contribution < -0.4 is 15.8 Å². The molecule has 1 aromatic rings. The van der Waals surface area contributed by atoms with Crippen LogP contribution in [-0.4, -0.2) is 26.6 Å². The second-order valence-electron chi connectivity index (χ2n) is 6.12. The van der Waals surface area contributed by atoms with E-state index < -0.39 is 16.1 Å². The van der Waals surface area contributed by atoms with Crippen LogP contribution in [0.4, 0.5) is 5.69 Å². The molecule has 1 rings (SSSR count). The summed E-state index contributed by atoms with van der Waals surface area (Å²) in [6.45, 7) is 5.92. The number of carbonyl (C=O) groups is 1. The van der Waals surface area contributed by atoms with Crippen LogP contribution in [0.1, 0.15) is 26.3 Å². The van der Waals surface area contributed by atoms with E-state index in [9.17, 15) is 13.2 Å². The number of halogens is 1. The van der Waals surface area contributed by atoms with E-state index in [0.29, 0.717) is 5.69 Å². The van der Waals surface area contributed by atoms with Crippen LogP contribution in [0.3, 0.4) is 0 Å². The molecule has 0 aliphatic rings. The van der Waals surface area contributed by atoms with Gasteiger partial charge in [0.2, 0.25) is 15.9 Å². The number of benzene rings is 1. The van der Waals surface area contributed by atoms with Crippen molar-refractivity contribution in [3.8, 4) is 0 Å². The van der Waals surface area contributed by atoms with Gasteiger partial charge in [0, 0.05) is 12.2 Å². The Morgan fingerprint density at radius 1 is 1.23 bits per heavy atom. The van der Waals surface area contributed by atoms with E-state index in [1.165, 1.54) is 0 Å². The van der Waals surface area contributed by atoms with E-state index in [2.05, 4.69) is 10.0 Å². The Balaban J connectivity index is 0.00000441. The van der Waals surface area contributed by atoms with Crippen LogP contribution in [0.5, 0.6) is 0 Å². The van der Waals surface area contributed by atoms with E-state index in [4.69, 9.17) is 5.73 Å². The van der Waals surface area contributed by atoms with Crippen molar-refractivity contribution >= 4 is 34.0 Å². The molecule has 0 bridgehead atoms. The first-order chi connectivity index (χ1) is 9.49. The van der Waals surface area contributed by atoms with Gasteiger partial charge in [0.05, 0.1) is 12.3 Å². The molecule has 22 heavy (non-hydrogen) atoms. The average molecular weight is 350 g/mol. The predicted octanol–water partition coefficient (Wildman–Crippen LogP) is 1.47. The molecule has 4 N–H and O–H groups in total. The first kappa shape index (κ1) is 20.9. The minimum atomic E-state index is -3.22. The van der Waals surface area contributed by atoms with Gasteiger partial charge < -0.3 is 11.1 Å². The van der Waals surface area contributed by atoms with Crippen molar-refractivity contribution in [2.75, 3.05) is 11.6 Å². The quantitative estimate of drug-likeness (QED) is 0.749. The molecule has 0 saturated heterocycles. The number of sulfonamides is 1. The smallest absolute Gasteiger partial charge is 0.241 e. The van der Waals surface area contributed by atoms with Crippen LogP contribution in [-0.2, 0) is 21.4 Å². The lowest BCUT2D eigenvalue weighted by atomic mass is 9.87. The maximum absolute atomic E-state index is 12.0. The molecule has 0 radical (unpaired) electrons. The Morgan fingerprint density at radius 3 is 2.14 bits per heavy atom. The number of hydrogen-bond donors (Lipinski definition) is 3. The molecule has 6 nitrogen and oxygen atoms in total. The van der Waals surface area contributed by atoms with Gasteiger partial charge in [0.15, 0.2) is 0 Å². The van der Waals surface area contributed by atoms with Crippen molar-refractivity contribution in [1.29, 1.82) is 0 Å². The third kappa shape index (κ3) is 7.22. The molecule has 0 aliphatic heterocycles. The minimum absolute atomic E-state index is 0. The lowest BCUT2D eigenvalue weighted by molar-refractivity contribution is -0.119. The van der Waals surface area contributed by atoms with Crippen molar-refractivity contribution in [2.24, 2.45) is 11.1 Å². The van der Waals surface area contributed by atoms with Gasteiger partial charge in [0.25, 0.3) is 0 Å². The Bertz CT molecular complexity index is 595. The summed E-state index contributed by atoms with van der Waals surface area (Å²) in [6.07, 6.45) is 1.11. The molecule has 0 aromatic heterocycles. The van der Waals surface area contributed by atoms with Crippen LogP contribution in [0, 0.1) is 5.41 Å². The normalized spacial score (nSPS) is 13.1. The van der Waals surface area contributed by atoms with Crippen LogP contribution >= 0.6 is 12.4 Å². The van der Waals surface area contributed by atoms with E-state index in [1.807, 2.05) is 20.8 Å². The summed E-state index contributed by atoms with van der Waals surface area (Å²) in [7, 11) is -3.22. The summed E-state index contributed by atoms with van der Waals surface area (Å²) in [4.78, 5) is 12.0. The minimum Gasteiger partial charge on any atom is -0.325 e. The topological polar surface area (TPSA) is 101 Å². The number of anilines is 1. The first-order valence-corrected chi connectivity index (χ1v) is 8.48. The number of carbonyl (C=O) groups excluding carboxylic acids is 1. The SMILES string of the molecule is CC(C)(C)[C@H](N)C(=O)Nc1ccc(CNS(C)(=O)=O)cc1.Cl. The first-order valence-electron chi connectivity index (χ1n) is 6.59. The average Bonchev–Trinajstić information content (AvgIpc) is 2.35. The third-order valence-electron chi connectivity index (χ3n) is 2.98. The van der Waals surface area contributed by atoms with Gasteiger partial charge in [-0.1, -0.05) is 32.9 Å². The van der Waals surface area contributed by atoms with E-state index in [-0.39, 0.29) is 30.3 Å². The zero-order chi connectivity index (χ0) is 16.3. The molecule has 0 aliphatic carbocycles. The standard InChI is InChI=1S/C14H23N3O3S.ClH/c1-14(2,3)12(15)13(18)17-11-7-5-10(6-8-11)9-16-21(4,19)20;/h5-8,12,16H,9,15H2,1-4H3,(H,17,18);1H/t12-;/m1./s1. The molecule has 0 spiro atoms. The predicted molar refractivity (Wildman–Crippen MR) is 91.4 cm³/mol. The van der Waals surface area contributed by atoms with E-state index >= 15 is 0 Å². The van der Waals surface area contributed by atoms with Gasteiger partial charge in [-0.3, -0.25) is 4.79 Å². The van der Waals surface area contributed by atoms with E-state index in [1.54, 1.807) is 24.3 Å². The van der Waals surface area contributed by atoms with Crippen molar-refractivity contribution in [2.45, 2.75) is 33.4 Å². The fourth-order valence-electron chi connectivity index (χ4n) is 1.53. The summed E-state index contributed by atoms with van der Waals surface area (Å²) < 4.78 is 24.4. The number of nitrogens with two attached hydrogens (primary N) is 1. The molecule has 0 unspecified atom stereocenters. The zero-order valence-electron chi connectivity index (χ0n) is 13.2.